The molecule has 5 nitrogen and oxygen atoms in total. The predicted molar refractivity (Wildman–Crippen MR) is 109 cm³/mol. The van der Waals surface area contributed by atoms with E-state index in [1.165, 1.54) is 18.9 Å². The van der Waals surface area contributed by atoms with Gasteiger partial charge in [0.05, 0.1) is 15.6 Å². The van der Waals surface area contributed by atoms with E-state index in [-0.39, 0.29) is 10.8 Å². The van der Waals surface area contributed by atoms with E-state index in [4.69, 9.17) is 11.6 Å². The van der Waals surface area contributed by atoms with Crippen LogP contribution < -0.4 is 10.0 Å². The minimum atomic E-state index is -3.83. The Morgan fingerprint density at radius 3 is 2.56 bits per heavy atom. The molecular formula is C20H23ClN2O3S. The van der Waals surface area contributed by atoms with Crippen LogP contribution in [-0.4, -0.2) is 14.3 Å². The second-order valence-corrected chi connectivity index (χ2v) is 9.03. The van der Waals surface area contributed by atoms with Crippen LogP contribution in [-0.2, 0) is 14.8 Å². The molecule has 0 unspecified atom stereocenters. The number of aryl methyl sites for hydroxylation is 1. The Kier molecular flexibility index (Phi) is 6.07. The number of nitrogens with one attached hydrogen (secondary N) is 2. The predicted octanol–water partition coefficient (Wildman–Crippen LogP) is 4.97. The molecule has 1 amide bonds. The Hall–Kier alpha value is -2.05. The van der Waals surface area contributed by atoms with Gasteiger partial charge in [0.2, 0.25) is 5.91 Å². The molecule has 144 valence electrons. The fourth-order valence-corrected chi connectivity index (χ4v) is 4.99. The first-order valence-electron chi connectivity index (χ1n) is 9.03. The van der Waals surface area contributed by atoms with Crippen molar-refractivity contribution in [2.24, 2.45) is 5.92 Å². The van der Waals surface area contributed by atoms with Gasteiger partial charge in [-0.25, -0.2) is 8.42 Å². The standard InChI is InChI=1S/C20H23ClN2O3S/c1-14-10-11-16(22-20(24)12-15-6-2-3-7-15)13-19(14)27(25,26)23-18-9-5-4-8-17(18)21/h4-5,8-11,13,15,23H,2-3,6-7,12H2,1H3,(H,22,24). The molecule has 1 aliphatic rings. The first-order valence-corrected chi connectivity index (χ1v) is 10.9. The van der Waals surface area contributed by atoms with Crippen molar-refractivity contribution < 1.29 is 13.2 Å². The maximum absolute atomic E-state index is 12.8. The number of hydrogen-bond acceptors (Lipinski definition) is 3. The molecule has 0 spiro atoms. The lowest BCUT2D eigenvalue weighted by atomic mass is 10.0. The fraction of sp³-hybridized carbons (Fsp3) is 0.350. The summed E-state index contributed by atoms with van der Waals surface area (Å²) in [6.07, 6.45) is 5.01. The Bertz CT molecular complexity index is 938. The van der Waals surface area contributed by atoms with Crippen molar-refractivity contribution in [3.05, 3.63) is 53.1 Å². The van der Waals surface area contributed by atoms with Crippen molar-refractivity contribution >= 4 is 38.9 Å². The zero-order valence-corrected chi connectivity index (χ0v) is 16.7. The van der Waals surface area contributed by atoms with Crippen molar-refractivity contribution in [1.82, 2.24) is 0 Å². The number of amides is 1. The second-order valence-electron chi connectivity index (χ2n) is 6.97. The van der Waals surface area contributed by atoms with Gasteiger partial charge >= 0.3 is 0 Å². The van der Waals surface area contributed by atoms with Crippen LogP contribution in [0.5, 0.6) is 0 Å². The normalized spacial score (nSPS) is 14.9. The number of halogens is 1. The molecule has 7 heteroatoms. The average Bonchev–Trinajstić information content (AvgIpc) is 3.11. The quantitative estimate of drug-likeness (QED) is 0.711. The molecular weight excluding hydrogens is 384 g/mol. The van der Waals surface area contributed by atoms with Gasteiger partial charge in [-0.3, -0.25) is 9.52 Å². The summed E-state index contributed by atoms with van der Waals surface area (Å²) >= 11 is 6.05. The highest BCUT2D eigenvalue weighted by atomic mass is 35.5. The van der Waals surface area contributed by atoms with Crippen LogP contribution in [0.1, 0.15) is 37.7 Å². The topological polar surface area (TPSA) is 75.3 Å². The highest BCUT2D eigenvalue weighted by Gasteiger charge is 2.21. The molecule has 0 radical (unpaired) electrons. The molecule has 0 heterocycles. The molecule has 1 saturated carbocycles. The summed E-state index contributed by atoms with van der Waals surface area (Å²) in [7, 11) is -3.83. The van der Waals surface area contributed by atoms with Gasteiger partial charge in [-0.1, -0.05) is 42.6 Å². The van der Waals surface area contributed by atoms with Gasteiger partial charge in [-0.05, 0) is 55.5 Å². The van der Waals surface area contributed by atoms with Crippen molar-refractivity contribution in [2.45, 2.75) is 43.9 Å². The van der Waals surface area contributed by atoms with Gasteiger partial charge < -0.3 is 5.32 Å². The molecule has 27 heavy (non-hydrogen) atoms. The Labute approximate surface area is 165 Å². The van der Waals surface area contributed by atoms with Crippen LogP contribution in [0.3, 0.4) is 0 Å². The molecule has 0 aromatic heterocycles. The molecule has 0 saturated heterocycles. The van der Waals surface area contributed by atoms with Crippen LogP contribution in [0.25, 0.3) is 0 Å². The van der Waals surface area contributed by atoms with Crippen LogP contribution in [0.15, 0.2) is 47.4 Å². The number of benzene rings is 2. The third kappa shape index (κ3) is 5.02. The molecule has 0 atom stereocenters. The number of rotatable bonds is 6. The summed E-state index contributed by atoms with van der Waals surface area (Å²) in [6, 6.07) is 11.5. The van der Waals surface area contributed by atoms with Gasteiger partial charge in [0.15, 0.2) is 0 Å². The largest absolute Gasteiger partial charge is 0.326 e. The van der Waals surface area contributed by atoms with E-state index in [2.05, 4.69) is 10.0 Å². The fourth-order valence-electron chi connectivity index (χ4n) is 3.40. The number of sulfonamides is 1. The highest BCUT2D eigenvalue weighted by molar-refractivity contribution is 7.92. The minimum absolute atomic E-state index is 0.0758. The summed E-state index contributed by atoms with van der Waals surface area (Å²) in [5.74, 6) is 0.355. The van der Waals surface area contributed by atoms with Gasteiger partial charge in [0.25, 0.3) is 10.0 Å². The van der Waals surface area contributed by atoms with Crippen molar-refractivity contribution in [2.75, 3.05) is 10.0 Å². The maximum Gasteiger partial charge on any atom is 0.262 e. The average molecular weight is 407 g/mol. The number of carbonyl (C=O) groups excluding carboxylic acids is 1. The molecule has 2 N–H and O–H groups in total. The van der Waals surface area contributed by atoms with E-state index in [9.17, 15) is 13.2 Å². The number of hydrogen-bond donors (Lipinski definition) is 2. The third-order valence-electron chi connectivity index (χ3n) is 4.83. The smallest absolute Gasteiger partial charge is 0.262 e. The minimum Gasteiger partial charge on any atom is -0.326 e. The SMILES string of the molecule is Cc1ccc(NC(=O)CC2CCCC2)cc1S(=O)(=O)Nc1ccccc1Cl. The maximum atomic E-state index is 12.8. The van der Waals surface area contributed by atoms with Crippen molar-refractivity contribution in [1.29, 1.82) is 0 Å². The van der Waals surface area contributed by atoms with Crippen molar-refractivity contribution in [3.8, 4) is 0 Å². The van der Waals surface area contributed by atoms with E-state index in [0.717, 1.165) is 12.8 Å². The molecule has 0 aliphatic heterocycles. The third-order valence-corrected chi connectivity index (χ3v) is 6.67. The van der Waals surface area contributed by atoms with Crippen molar-refractivity contribution in [3.63, 3.8) is 0 Å². The summed E-state index contributed by atoms with van der Waals surface area (Å²) in [5, 5.41) is 3.15. The Morgan fingerprint density at radius 2 is 1.85 bits per heavy atom. The van der Waals surface area contributed by atoms with Crippen LogP contribution >= 0.6 is 11.6 Å². The monoisotopic (exact) mass is 406 g/mol. The number of carbonyl (C=O) groups is 1. The number of para-hydroxylation sites is 1. The van der Waals surface area contributed by atoms with E-state index in [1.54, 1.807) is 43.3 Å². The van der Waals surface area contributed by atoms with Crippen LogP contribution in [0.4, 0.5) is 11.4 Å². The first kappa shape index (κ1) is 19.7. The first-order chi connectivity index (χ1) is 12.8. The molecule has 1 aliphatic carbocycles. The Morgan fingerprint density at radius 1 is 1.15 bits per heavy atom. The van der Waals surface area contributed by atoms with Gasteiger partial charge in [-0.2, -0.15) is 0 Å². The van der Waals surface area contributed by atoms with E-state index in [0.29, 0.717) is 34.3 Å². The van der Waals surface area contributed by atoms with Crippen LogP contribution in [0.2, 0.25) is 5.02 Å². The van der Waals surface area contributed by atoms with Crippen LogP contribution in [0, 0.1) is 12.8 Å². The zero-order valence-electron chi connectivity index (χ0n) is 15.2. The molecule has 0 bridgehead atoms. The second kappa shape index (κ2) is 8.31. The summed E-state index contributed by atoms with van der Waals surface area (Å²) in [4.78, 5) is 12.4. The van der Waals surface area contributed by atoms with E-state index < -0.39 is 10.0 Å². The zero-order chi connectivity index (χ0) is 19.4. The summed E-state index contributed by atoms with van der Waals surface area (Å²) in [6.45, 7) is 1.71. The lowest BCUT2D eigenvalue weighted by molar-refractivity contribution is -0.117. The molecule has 3 rings (SSSR count). The Balaban J connectivity index is 1.77. The van der Waals surface area contributed by atoms with Gasteiger partial charge in [0.1, 0.15) is 0 Å². The van der Waals surface area contributed by atoms with E-state index in [1.807, 2.05) is 0 Å². The van der Waals surface area contributed by atoms with Gasteiger partial charge in [-0.15, -0.1) is 0 Å². The lowest BCUT2D eigenvalue weighted by Crippen LogP contribution is -2.17. The van der Waals surface area contributed by atoms with Gasteiger partial charge in [0, 0.05) is 12.1 Å². The number of anilines is 2. The highest BCUT2D eigenvalue weighted by Crippen LogP contribution is 2.29. The molecule has 1 fully saturated rings. The summed E-state index contributed by atoms with van der Waals surface area (Å²) < 4.78 is 28.1. The lowest BCUT2D eigenvalue weighted by Gasteiger charge is -2.14. The van der Waals surface area contributed by atoms with E-state index >= 15 is 0 Å². The summed E-state index contributed by atoms with van der Waals surface area (Å²) in [5.41, 5.74) is 1.38. The molecule has 2 aromatic rings. The molecule has 2 aromatic carbocycles.